The number of carbonyl (C=O) groups is 1. The van der Waals surface area contributed by atoms with Crippen molar-refractivity contribution in [2.45, 2.75) is 31.9 Å². The number of aliphatic carboxylic acids is 1. The van der Waals surface area contributed by atoms with Gasteiger partial charge in [0.1, 0.15) is 0 Å². The summed E-state index contributed by atoms with van der Waals surface area (Å²) in [6.07, 6.45) is -3.84. The van der Waals surface area contributed by atoms with Crippen LogP contribution in [0.4, 0.5) is 13.2 Å². The molecule has 0 bridgehead atoms. The lowest BCUT2D eigenvalue weighted by Crippen LogP contribution is -2.24. The predicted molar refractivity (Wildman–Crippen MR) is 52.1 cm³/mol. The van der Waals surface area contributed by atoms with Gasteiger partial charge in [0.25, 0.3) is 0 Å². The molecule has 1 rings (SSSR count). The van der Waals surface area contributed by atoms with Gasteiger partial charge in [0, 0.05) is 19.4 Å². The van der Waals surface area contributed by atoms with E-state index in [-0.39, 0.29) is 18.8 Å². The largest absolute Gasteiger partial charge is 0.481 e. The maximum Gasteiger partial charge on any atom is 0.389 e. The summed E-state index contributed by atoms with van der Waals surface area (Å²) in [7, 11) is 0. The van der Waals surface area contributed by atoms with Crippen molar-refractivity contribution in [3.63, 3.8) is 0 Å². The van der Waals surface area contributed by atoms with Crippen LogP contribution in [0, 0.1) is 5.92 Å². The number of halogens is 3. The molecule has 0 aromatic carbocycles. The Hall–Kier alpha value is -0.780. The molecule has 0 saturated carbocycles. The maximum absolute atomic E-state index is 11.9. The van der Waals surface area contributed by atoms with Crippen molar-refractivity contribution in [1.29, 1.82) is 0 Å². The van der Waals surface area contributed by atoms with Gasteiger partial charge in [-0.3, -0.25) is 4.79 Å². The molecule has 1 unspecified atom stereocenters. The van der Waals surface area contributed by atoms with E-state index in [1.807, 2.05) is 4.90 Å². The molecule has 3 nitrogen and oxygen atoms in total. The van der Waals surface area contributed by atoms with Gasteiger partial charge >= 0.3 is 12.1 Å². The van der Waals surface area contributed by atoms with Crippen LogP contribution in [0.25, 0.3) is 0 Å². The van der Waals surface area contributed by atoms with Gasteiger partial charge in [0.05, 0.1) is 0 Å². The standard InChI is InChI=1S/C10H16F3NO2/c11-10(12,13)3-1-4-14-5-2-8(7-14)6-9(15)16/h8H,1-7H2,(H,15,16). The van der Waals surface area contributed by atoms with Crippen molar-refractivity contribution in [1.82, 2.24) is 4.90 Å². The lowest BCUT2D eigenvalue weighted by atomic mass is 10.1. The number of alkyl halides is 3. The second kappa shape index (κ2) is 5.52. The van der Waals surface area contributed by atoms with Gasteiger partial charge in [-0.1, -0.05) is 0 Å². The molecular formula is C10H16F3NO2. The lowest BCUT2D eigenvalue weighted by molar-refractivity contribution is -0.138. The zero-order valence-electron chi connectivity index (χ0n) is 8.96. The number of likely N-dealkylation sites (tertiary alicyclic amines) is 1. The second-order valence-electron chi connectivity index (χ2n) is 4.27. The zero-order chi connectivity index (χ0) is 12.2. The Kier molecular flexibility index (Phi) is 4.58. The van der Waals surface area contributed by atoms with Crippen molar-refractivity contribution in [2.24, 2.45) is 5.92 Å². The van der Waals surface area contributed by atoms with Gasteiger partial charge in [0.15, 0.2) is 0 Å². The van der Waals surface area contributed by atoms with Crippen LogP contribution in [0.15, 0.2) is 0 Å². The molecule has 0 aromatic heterocycles. The van der Waals surface area contributed by atoms with Crippen LogP contribution in [0.1, 0.15) is 25.7 Å². The van der Waals surface area contributed by atoms with E-state index in [0.717, 1.165) is 13.0 Å². The van der Waals surface area contributed by atoms with E-state index in [9.17, 15) is 18.0 Å². The molecule has 1 atom stereocenters. The quantitative estimate of drug-likeness (QED) is 0.799. The van der Waals surface area contributed by atoms with Crippen molar-refractivity contribution >= 4 is 5.97 Å². The summed E-state index contributed by atoms with van der Waals surface area (Å²) >= 11 is 0. The second-order valence-corrected chi connectivity index (χ2v) is 4.27. The Morgan fingerprint density at radius 2 is 2.12 bits per heavy atom. The molecule has 0 aromatic rings. The van der Waals surface area contributed by atoms with Crippen LogP contribution in [0.3, 0.4) is 0 Å². The molecule has 1 aliphatic rings. The van der Waals surface area contributed by atoms with E-state index in [0.29, 0.717) is 13.1 Å². The van der Waals surface area contributed by atoms with Crippen molar-refractivity contribution in [2.75, 3.05) is 19.6 Å². The molecule has 0 aliphatic carbocycles. The number of nitrogens with zero attached hydrogens (tertiary/aromatic N) is 1. The molecule has 16 heavy (non-hydrogen) atoms. The summed E-state index contributed by atoms with van der Waals surface area (Å²) in [6.45, 7) is 1.75. The third kappa shape index (κ3) is 5.34. The summed E-state index contributed by atoms with van der Waals surface area (Å²) in [5.74, 6) is -0.731. The number of carboxylic acid groups (broad SMARTS) is 1. The Morgan fingerprint density at radius 3 is 2.69 bits per heavy atom. The number of hydrogen-bond donors (Lipinski definition) is 1. The Bertz CT molecular complexity index is 243. The summed E-state index contributed by atoms with van der Waals surface area (Å²) in [5, 5.41) is 8.58. The van der Waals surface area contributed by atoms with E-state index in [2.05, 4.69) is 0 Å². The molecule has 6 heteroatoms. The highest BCUT2D eigenvalue weighted by molar-refractivity contribution is 5.67. The van der Waals surface area contributed by atoms with Gasteiger partial charge in [0.2, 0.25) is 0 Å². The topological polar surface area (TPSA) is 40.5 Å². The highest BCUT2D eigenvalue weighted by Gasteiger charge is 2.28. The fraction of sp³-hybridized carbons (Fsp3) is 0.900. The van der Waals surface area contributed by atoms with Gasteiger partial charge in [-0.15, -0.1) is 0 Å². The van der Waals surface area contributed by atoms with E-state index < -0.39 is 18.6 Å². The van der Waals surface area contributed by atoms with Gasteiger partial charge in [-0.2, -0.15) is 13.2 Å². The average molecular weight is 239 g/mol. The predicted octanol–water partition coefficient (Wildman–Crippen LogP) is 2.13. The van der Waals surface area contributed by atoms with E-state index in [1.54, 1.807) is 0 Å². The van der Waals surface area contributed by atoms with E-state index >= 15 is 0 Å². The van der Waals surface area contributed by atoms with Crippen molar-refractivity contribution in [3.05, 3.63) is 0 Å². The molecule has 1 saturated heterocycles. The fourth-order valence-electron chi connectivity index (χ4n) is 2.03. The van der Waals surface area contributed by atoms with Crippen molar-refractivity contribution in [3.8, 4) is 0 Å². The molecule has 1 heterocycles. The minimum absolute atomic E-state index is 0.100. The fourth-order valence-corrected chi connectivity index (χ4v) is 2.03. The minimum atomic E-state index is -4.08. The molecular weight excluding hydrogens is 223 g/mol. The smallest absolute Gasteiger partial charge is 0.389 e. The molecule has 0 spiro atoms. The highest BCUT2D eigenvalue weighted by Crippen LogP contribution is 2.23. The minimum Gasteiger partial charge on any atom is -0.481 e. The van der Waals surface area contributed by atoms with E-state index in [4.69, 9.17) is 5.11 Å². The lowest BCUT2D eigenvalue weighted by Gasteiger charge is -2.15. The Morgan fingerprint density at radius 1 is 1.44 bits per heavy atom. The molecule has 1 fully saturated rings. The van der Waals surface area contributed by atoms with Crippen LogP contribution >= 0.6 is 0 Å². The van der Waals surface area contributed by atoms with E-state index in [1.165, 1.54) is 0 Å². The van der Waals surface area contributed by atoms with Gasteiger partial charge < -0.3 is 10.0 Å². The molecule has 94 valence electrons. The summed E-state index contributed by atoms with van der Waals surface area (Å²) in [4.78, 5) is 12.4. The molecule has 0 radical (unpaired) electrons. The third-order valence-corrected chi connectivity index (χ3v) is 2.77. The normalized spacial score (nSPS) is 22.6. The number of hydrogen-bond acceptors (Lipinski definition) is 2. The molecule has 1 aliphatic heterocycles. The Labute approximate surface area is 92.2 Å². The number of carboxylic acids is 1. The maximum atomic E-state index is 11.9. The van der Waals surface area contributed by atoms with Crippen LogP contribution in [0.5, 0.6) is 0 Å². The highest BCUT2D eigenvalue weighted by atomic mass is 19.4. The molecule has 1 N–H and O–H groups in total. The summed E-state index contributed by atoms with van der Waals surface area (Å²) in [6, 6.07) is 0. The van der Waals surface area contributed by atoms with Crippen LogP contribution < -0.4 is 0 Å². The van der Waals surface area contributed by atoms with Crippen molar-refractivity contribution < 1.29 is 23.1 Å². The zero-order valence-corrected chi connectivity index (χ0v) is 8.96. The first kappa shape index (κ1) is 13.3. The van der Waals surface area contributed by atoms with Crippen LogP contribution in [0.2, 0.25) is 0 Å². The molecule has 0 amide bonds. The van der Waals surface area contributed by atoms with Crippen LogP contribution in [-0.4, -0.2) is 41.8 Å². The first-order valence-electron chi connectivity index (χ1n) is 5.38. The Balaban J connectivity index is 2.14. The SMILES string of the molecule is O=C(O)CC1CCN(CCCC(F)(F)F)C1. The summed E-state index contributed by atoms with van der Waals surface area (Å²) < 4.78 is 35.6. The third-order valence-electron chi connectivity index (χ3n) is 2.77. The van der Waals surface area contributed by atoms with Gasteiger partial charge in [-0.05, 0) is 31.8 Å². The summed E-state index contributed by atoms with van der Waals surface area (Å²) in [5.41, 5.74) is 0. The van der Waals surface area contributed by atoms with Gasteiger partial charge in [-0.25, -0.2) is 0 Å². The van der Waals surface area contributed by atoms with Crippen LogP contribution in [-0.2, 0) is 4.79 Å². The monoisotopic (exact) mass is 239 g/mol. The average Bonchev–Trinajstić information content (AvgIpc) is 2.49. The first-order chi connectivity index (χ1) is 7.37. The first-order valence-corrected chi connectivity index (χ1v) is 5.38. The number of rotatable bonds is 5.